The van der Waals surface area contributed by atoms with Crippen molar-refractivity contribution in [2.75, 3.05) is 25.5 Å². The minimum Gasteiger partial charge on any atom is -0.480 e. The van der Waals surface area contributed by atoms with Gasteiger partial charge in [-0.1, -0.05) is 93.2 Å². The fourth-order valence-electron chi connectivity index (χ4n) is 10.6. The number of carbonyl (C=O) groups excluding carboxylic acids is 1. The summed E-state index contributed by atoms with van der Waals surface area (Å²) in [4.78, 5) is 92.0. The van der Waals surface area contributed by atoms with Gasteiger partial charge >= 0.3 is 32.2 Å². The minimum absolute atomic E-state index is 0. The van der Waals surface area contributed by atoms with Crippen molar-refractivity contribution >= 4 is 127 Å². The minimum atomic E-state index is -4.46. The number of rotatable bonds is 20. The van der Waals surface area contributed by atoms with Crippen LogP contribution in [0.3, 0.4) is 0 Å². The lowest BCUT2D eigenvalue weighted by atomic mass is 9.87. The number of nitrogens with two attached hydrogens (primary N) is 1. The Morgan fingerprint density at radius 2 is 0.991 bits per heavy atom. The van der Waals surface area contributed by atoms with E-state index in [2.05, 4.69) is 70.4 Å². The molecule has 0 aliphatic rings. The van der Waals surface area contributed by atoms with E-state index >= 15 is 0 Å². The van der Waals surface area contributed by atoms with Crippen LogP contribution < -0.4 is 37.7 Å². The lowest BCUT2D eigenvalue weighted by molar-refractivity contribution is -0.139. The first-order valence-electron chi connectivity index (χ1n) is 32.7. The molecule has 22 nitrogen and oxygen atoms in total. The van der Waals surface area contributed by atoms with Crippen molar-refractivity contribution in [3.63, 3.8) is 0 Å². The van der Waals surface area contributed by atoms with Gasteiger partial charge in [-0.2, -0.15) is 13.2 Å². The lowest BCUT2D eigenvalue weighted by Crippen LogP contribution is -2.42. The number of carboxylic acid groups (broad SMARTS) is 2. The predicted octanol–water partition coefficient (Wildman–Crippen LogP) is 13.8. The SMILES string of the molecule is C.C.CB(O)N[C@H](C)C(=O)O.CB(O)N[C@H](C)c1nc2ccccc2c(=O)n1-c1ccc(C)cc1.CCOCCN(C(=O)Cc1ccc(C(F)(F)F)cc1)[C@H](C)c1nc2ccccc2c(=O)n1-c1ccc(I)cc1.C[C@@H](NCl)c1nc2ccccc2c(=O)n1-c1ccc(I)cc1.Nc1ccccc1C(=O)O. The quantitative estimate of drug-likeness (QED) is 0.0116. The second-order valence-electron chi connectivity index (χ2n) is 23.7. The summed E-state index contributed by atoms with van der Waals surface area (Å²) in [7, 11) is -1.47. The molecule has 0 radical (unpaired) electrons. The summed E-state index contributed by atoms with van der Waals surface area (Å²) < 4.78 is 51.3. The maximum atomic E-state index is 13.7. The van der Waals surface area contributed by atoms with Gasteiger partial charge in [-0.25, -0.2) is 24.6 Å². The number of aryl methyl sites for hydroxylation is 1. The summed E-state index contributed by atoms with van der Waals surface area (Å²) in [5.74, 6) is -0.743. The number of hydrogen-bond acceptors (Lipinski definition) is 16. The Labute approximate surface area is 645 Å². The van der Waals surface area contributed by atoms with Crippen LogP contribution in [0.25, 0.3) is 49.8 Å². The van der Waals surface area contributed by atoms with Crippen LogP contribution in [-0.2, 0) is 26.9 Å². The monoisotopic (exact) mass is 1700 g/mol. The van der Waals surface area contributed by atoms with E-state index in [0.717, 1.165) is 36.2 Å². The number of anilines is 1. The number of aromatic carboxylic acids is 1. The zero-order chi connectivity index (χ0) is 76.1. The molecule has 0 spiro atoms. The molecule has 558 valence electrons. The molecule has 0 bridgehead atoms. The largest absolute Gasteiger partial charge is 0.480 e. The summed E-state index contributed by atoms with van der Waals surface area (Å²) in [6, 6.07) is 53.6. The van der Waals surface area contributed by atoms with Crippen molar-refractivity contribution in [3.8, 4) is 17.1 Å². The van der Waals surface area contributed by atoms with E-state index in [1.165, 1.54) is 36.5 Å². The third-order valence-corrected chi connectivity index (χ3v) is 17.6. The molecule has 11 aromatic rings. The highest BCUT2D eigenvalue weighted by atomic mass is 127. The fraction of sp³-hybridized carbons (Fsp3) is 0.250. The van der Waals surface area contributed by atoms with E-state index in [9.17, 15) is 47.0 Å². The highest BCUT2D eigenvalue weighted by Crippen LogP contribution is 2.30. The predicted molar refractivity (Wildman–Crippen MR) is 432 cm³/mol. The van der Waals surface area contributed by atoms with Crippen LogP contribution in [0, 0.1) is 14.1 Å². The lowest BCUT2D eigenvalue weighted by Gasteiger charge is -2.30. The Bertz CT molecular complexity index is 4930. The van der Waals surface area contributed by atoms with E-state index in [0.29, 0.717) is 73.7 Å². The van der Waals surface area contributed by atoms with Gasteiger partial charge in [0, 0.05) is 26.0 Å². The van der Waals surface area contributed by atoms with E-state index < -0.39 is 49.9 Å². The van der Waals surface area contributed by atoms with Crippen LogP contribution in [0.1, 0.15) is 112 Å². The third-order valence-electron chi connectivity index (χ3n) is 15.8. The van der Waals surface area contributed by atoms with Gasteiger partial charge in [0.05, 0.1) is 98.1 Å². The second kappa shape index (κ2) is 41.1. The number of alkyl halides is 3. The van der Waals surface area contributed by atoms with Crippen LogP contribution in [0.5, 0.6) is 0 Å². The van der Waals surface area contributed by atoms with Gasteiger partial charge in [-0.3, -0.25) is 37.7 Å². The summed E-state index contributed by atoms with van der Waals surface area (Å²) in [5.41, 5.74) is 10.1. The molecule has 0 saturated heterocycles. The molecule has 0 saturated carbocycles. The zero-order valence-corrected chi connectivity index (χ0v) is 63.0. The van der Waals surface area contributed by atoms with E-state index in [4.69, 9.17) is 42.5 Å². The van der Waals surface area contributed by atoms with Crippen LogP contribution in [0.15, 0.2) is 209 Å². The van der Waals surface area contributed by atoms with Crippen LogP contribution in [0.4, 0.5) is 18.9 Å². The molecule has 1 amide bonds. The molecule has 0 aliphatic heterocycles. The molecule has 4 atom stereocenters. The van der Waals surface area contributed by atoms with Gasteiger partial charge in [-0.05, 0) is 239 Å². The van der Waals surface area contributed by atoms with Gasteiger partial charge in [0.1, 0.15) is 17.5 Å². The molecule has 0 unspecified atom stereocenters. The number of nitrogens with one attached hydrogen (secondary N) is 3. The standard InChI is InChI=1S/C29H27F3IN3O3.C18H20BN3O2.C16H13ClIN3O.C7H7NO2.C4H10BNO3.2CH4/c1-3-39-17-16-35(26(37)18-20-8-10-21(11-9-20)29(30,31)32)19(2)27-34-25-7-5-4-6-24(25)28(38)36(27)23-14-12-22(33)13-15-23;1-12-8-10-14(11-9-12)22-17(13(2)21-19(3)24)20-16-7-5-4-6-15(16)18(22)23;1-10(20-17)15-19-14-5-3-2-4-13(14)16(22)21(15)12-8-6-11(18)7-9-12;8-6-4-2-1-3-5(6)7(9)10;1-3(4(7)8)6-5(2)9;;/h4-15,19H,3,16-18H2,1-2H3;4-11,13,21,24H,1-3H3;2-10,20H,1H3;1-4H,8H2,(H,9,10);3,6,9H,1-2H3,(H,7,8);2*1H4/t19-;13-;10-;;3-;;/m111.1../s1. The molecular weight excluding hydrogens is 1610 g/mol. The highest BCUT2D eigenvalue weighted by Gasteiger charge is 2.31. The number of carboxylic acids is 2. The maximum Gasteiger partial charge on any atom is 0.416 e. The molecular formula is C76H85B2ClF3I2N11O11. The first kappa shape index (κ1) is 87.5. The van der Waals surface area contributed by atoms with Crippen LogP contribution >= 0.6 is 57.0 Å². The van der Waals surface area contributed by atoms with Crippen molar-refractivity contribution < 1.29 is 52.6 Å². The second-order valence-corrected chi connectivity index (χ2v) is 26.4. The first-order valence-corrected chi connectivity index (χ1v) is 35.2. The number of benzene rings is 8. The van der Waals surface area contributed by atoms with Crippen molar-refractivity contribution in [2.24, 2.45) is 0 Å². The molecule has 0 aliphatic carbocycles. The van der Waals surface area contributed by atoms with Gasteiger partial charge in [0.2, 0.25) is 5.91 Å². The summed E-state index contributed by atoms with van der Waals surface area (Å²) >= 11 is 10.2. The van der Waals surface area contributed by atoms with Crippen molar-refractivity contribution in [3.05, 3.63) is 272 Å². The van der Waals surface area contributed by atoms with Crippen molar-refractivity contribution in [1.82, 2.24) is 48.8 Å². The molecule has 30 heteroatoms. The Morgan fingerprint density at radius 1 is 0.594 bits per heavy atom. The fourth-order valence-corrected chi connectivity index (χ4v) is 11.4. The molecule has 3 aromatic heterocycles. The number of aliphatic carboxylic acids is 1. The number of halogens is 6. The normalized spacial score (nSPS) is 11.9. The zero-order valence-electron chi connectivity index (χ0n) is 57.9. The number of aromatic nitrogens is 6. The summed E-state index contributed by atoms with van der Waals surface area (Å²) in [6.07, 6.45) is -4.57. The Kier molecular flexibility index (Phi) is 33.9. The number of ether oxygens (including phenoxy) is 1. The van der Waals surface area contributed by atoms with Gasteiger partial charge < -0.3 is 46.1 Å². The third kappa shape index (κ3) is 23.7. The topological polar surface area (TPSA) is 311 Å². The number of amides is 1. The molecule has 3 heterocycles. The van der Waals surface area contributed by atoms with Crippen molar-refractivity contribution in [2.45, 2.75) is 107 Å². The Balaban J connectivity index is 0.000000260. The van der Waals surface area contributed by atoms with E-state index in [-0.39, 0.29) is 74.7 Å². The molecule has 0 fully saturated rings. The van der Waals surface area contributed by atoms with Gasteiger partial charge in [-0.15, -0.1) is 0 Å². The average Bonchev–Trinajstić information content (AvgIpc) is 0.764. The number of carbonyl (C=O) groups is 3. The van der Waals surface area contributed by atoms with Crippen LogP contribution in [0.2, 0.25) is 13.6 Å². The Hall–Kier alpha value is -9.18. The number of para-hydroxylation sites is 4. The van der Waals surface area contributed by atoms with E-state index in [1.54, 1.807) is 82.4 Å². The van der Waals surface area contributed by atoms with E-state index in [1.807, 2.05) is 137 Å². The summed E-state index contributed by atoms with van der Waals surface area (Å²) in [5, 5.41) is 42.0. The average molecular weight is 1700 g/mol. The first-order chi connectivity index (χ1) is 49.4. The molecule has 106 heavy (non-hydrogen) atoms. The highest BCUT2D eigenvalue weighted by molar-refractivity contribution is 14.1. The number of nitrogens with zero attached hydrogens (tertiary/aromatic N) is 7. The maximum absolute atomic E-state index is 13.7. The van der Waals surface area contributed by atoms with Crippen LogP contribution in [-0.4, -0.2) is 112 Å². The number of nitrogen functional groups attached to an aromatic ring is 1. The molecule has 9 N–H and O–H groups in total. The molecule has 8 aromatic carbocycles. The van der Waals surface area contributed by atoms with Gasteiger partial charge in [0.25, 0.3) is 16.7 Å². The number of hydrogen-bond donors (Lipinski definition) is 8. The summed E-state index contributed by atoms with van der Waals surface area (Å²) in [6.45, 7) is 14.9. The van der Waals surface area contributed by atoms with Crippen molar-refractivity contribution in [1.29, 1.82) is 0 Å². The smallest absolute Gasteiger partial charge is 0.416 e. The Morgan fingerprint density at radius 3 is 1.37 bits per heavy atom. The number of fused-ring (bicyclic) bond motifs is 3. The molecule has 11 rings (SSSR count). The van der Waals surface area contributed by atoms with Gasteiger partial charge in [0.15, 0.2) is 0 Å².